The van der Waals surface area contributed by atoms with E-state index in [4.69, 9.17) is 0 Å². The van der Waals surface area contributed by atoms with E-state index >= 15 is 0 Å². The molecule has 0 unspecified atom stereocenters. The Morgan fingerprint density at radius 1 is 0.812 bits per heavy atom. The summed E-state index contributed by atoms with van der Waals surface area (Å²) in [6.45, 7) is 0. The number of hydrogen-bond donors (Lipinski definition) is 0. The zero-order chi connectivity index (χ0) is 11.2. The topological polar surface area (TPSA) is 17.1 Å². The Balaban J connectivity index is 1.65. The van der Waals surface area contributed by atoms with Crippen LogP contribution in [0.2, 0.25) is 0 Å². The van der Waals surface area contributed by atoms with Crippen LogP contribution < -0.4 is 0 Å². The minimum atomic E-state index is 0.442. The van der Waals surface area contributed by atoms with Gasteiger partial charge in [0, 0.05) is 12.3 Å². The molecular weight excluding hydrogens is 196 g/mol. The van der Waals surface area contributed by atoms with E-state index < -0.39 is 0 Å². The highest BCUT2D eigenvalue weighted by Crippen LogP contribution is 2.30. The average molecular weight is 222 g/mol. The molecule has 0 aliphatic heterocycles. The normalized spacial score (nSPS) is 24.5. The molecule has 0 bridgehead atoms. The fraction of sp³-hybridized carbons (Fsp3) is 0.933. The predicted molar refractivity (Wildman–Crippen MR) is 67.4 cm³/mol. The first kappa shape index (κ1) is 12.1. The van der Waals surface area contributed by atoms with Crippen LogP contribution in [0.1, 0.15) is 77.0 Å². The average Bonchev–Trinajstić information content (AvgIpc) is 2.38. The summed E-state index contributed by atoms with van der Waals surface area (Å²) in [6, 6.07) is 0. The second-order valence-electron chi connectivity index (χ2n) is 5.84. The Morgan fingerprint density at radius 3 is 2.00 bits per heavy atom. The van der Waals surface area contributed by atoms with Gasteiger partial charge in [0.15, 0.2) is 0 Å². The van der Waals surface area contributed by atoms with E-state index in [1.807, 2.05) is 0 Å². The highest BCUT2D eigenvalue weighted by atomic mass is 16.1. The van der Waals surface area contributed by atoms with Crippen molar-refractivity contribution in [3.8, 4) is 0 Å². The molecule has 0 N–H and O–H groups in total. The van der Waals surface area contributed by atoms with Crippen LogP contribution in [0.15, 0.2) is 0 Å². The van der Waals surface area contributed by atoms with Crippen molar-refractivity contribution < 1.29 is 4.79 Å². The maximum Gasteiger partial charge on any atom is 0.135 e. The molecule has 2 saturated carbocycles. The molecule has 0 atom stereocenters. The van der Waals surface area contributed by atoms with Crippen LogP contribution in [0.4, 0.5) is 0 Å². The highest BCUT2D eigenvalue weighted by molar-refractivity contribution is 5.81. The van der Waals surface area contributed by atoms with Gasteiger partial charge in [0.2, 0.25) is 0 Å². The molecule has 1 nitrogen and oxygen atoms in total. The Morgan fingerprint density at radius 2 is 1.38 bits per heavy atom. The van der Waals surface area contributed by atoms with Crippen LogP contribution in [0.3, 0.4) is 0 Å². The van der Waals surface area contributed by atoms with Crippen molar-refractivity contribution in [1.82, 2.24) is 0 Å². The second kappa shape index (κ2) is 6.42. The molecular formula is C15H26O. The number of carbonyl (C=O) groups is 1. The number of carbonyl (C=O) groups excluding carboxylic acids is 1. The maximum atomic E-state index is 12.0. The van der Waals surface area contributed by atoms with E-state index in [0.717, 1.165) is 12.3 Å². The van der Waals surface area contributed by atoms with Gasteiger partial charge >= 0.3 is 0 Å². The fourth-order valence-corrected chi connectivity index (χ4v) is 3.45. The van der Waals surface area contributed by atoms with Gasteiger partial charge in [-0.2, -0.15) is 0 Å². The van der Waals surface area contributed by atoms with Gasteiger partial charge in [0.1, 0.15) is 5.78 Å². The van der Waals surface area contributed by atoms with E-state index in [0.29, 0.717) is 11.7 Å². The van der Waals surface area contributed by atoms with Crippen LogP contribution in [0.5, 0.6) is 0 Å². The van der Waals surface area contributed by atoms with E-state index in [-0.39, 0.29) is 0 Å². The van der Waals surface area contributed by atoms with Crippen LogP contribution in [0, 0.1) is 11.8 Å². The molecule has 2 rings (SSSR count). The third-order valence-corrected chi connectivity index (χ3v) is 4.58. The van der Waals surface area contributed by atoms with Crippen molar-refractivity contribution in [2.45, 2.75) is 77.0 Å². The zero-order valence-corrected chi connectivity index (χ0v) is 10.5. The van der Waals surface area contributed by atoms with Gasteiger partial charge in [-0.3, -0.25) is 4.79 Å². The molecule has 92 valence electrons. The van der Waals surface area contributed by atoms with Crippen molar-refractivity contribution >= 4 is 5.78 Å². The number of ketones is 1. The van der Waals surface area contributed by atoms with E-state index in [2.05, 4.69) is 0 Å². The van der Waals surface area contributed by atoms with Gasteiger partial charge in [-0.1, -0.05) is 51.4 Å². The maximum absolute atomic E-state index is 12.0. The molecule has 0 aromatic rings. The SMILES string of the molecule is O=C(CCC1CCCCC1)C1CCCCC1. The lowest BCUT2D eigenvalue weighted by atomic mass is 9.81. The number of Topliss-reactive ketones (excluding diaryl/α,β-unsaturated/α-hetero) is 1. The summed E-state index contributed by atoms with van der Waals surface area (Å²) in [4.78, 5) is 12.0. The first-order chi connectivity index (χ1) is 7.86. The first-order valence-corrected chi connectivity index (χ1v) is 7.39. The standard InChI is InChI=1S/C15H26O/c16-15(14-9-5-2-6-10-14)12-11-13-7-3-1-4-8-13/h13-14H,1-12H2. The van der Waals surface area contributed by atoms with Crippen LogP contribution in [-0.4, -0.2) is 5.78 Å². The highest BCUT2D eigenvalue weighted by Gasteiger charge is 2.22. The molecule has 1 heteroatoms. The molecule has 0 aromatic carbocycles. The van der Waals surface area contributed by atoms with Gasteiger partial charge < -0.3 is 0 Å². The summed E-state index contributed by atoms with van der Waals surface area (Å²) in [6.07, 6.45) is 15.4. The van der Waals surface area contributed by atoms with Crippen molar-refractivity contribution in [3.05, 3.63) is 0 Å². The molecule has 2 aliphatic carbocycles. The van der Waals surface area contributed by atoms with Crippen LogP contribution >= 0.6 is 0 Å². The quantitative estimate of drug-likeness (QED) is 0.684. The Hall–Kier alpha value is -0.330. The fourth-order valence-electron chi connectivity index (χ4n) is 3.45. The molecule has 2 aliphatic rings. The molecule has 0 amide bonds. The molecule has 16 heavy (non-hydrogen) atoms. The number of rotatable bonds is 4. The summed E-state index contributed by atoms with van der Waals surface area (Å²) >= 11 is 0. The third-order valence-electron chi connectivity index (χ3n) is 4.58. The first-order valence-electron chi connectivity index (χ1n) is 7.39. The lowest BCUT2D eigenvalue weighted by Gasteiger charge is -2.23. The van der Waals surface area contributed by atoms with Crippen molar-refractivity contribution in [2.75, 3.05) is 0 Å². The van der Waals surface area contributed by atoms with Gasteiger partial charge in [-0.15, -0.1) is 0 Å². The van der Waals surface area contributed by atoms with Crippen molar-refractivity contribution in [1.29, 1.82) is 0 Å². The van der Waals surface area contributed by atoms with Gasteiger partial charge in [0.05, 0.1) is 0 Å². The van der Waals surface area contributed by atoms with Gasteiger partial charge in [-0.25, -0.2) is 0 Å². The van der Waals surface area contributed by atoms with E-state index in [1.54, 1.807) is 0 Å². The van der Waals surface area contributed by atoms with Crippen LogP contribution in [-0.2, 0) is 4.79 Å². The summed E-state index contributed by atoms with van der Waals surface area (Å²) in [5.41, 5.74) is 0. The lowest BCUT2D eigenvalue weighted by Crippen LogP contribution is -2.19. The Kier molecular flexibility index (Phi) is 4.87. The summed E-state index contributed by atoms with van der Waals surface area (Å²) in [5.74, 6) is 1.91. The predicted octanol–water partition coefficient (Wildman–Crippen LogP) is 4.50. The van der Waals surface area contributed by atoms with Crippen molar-refractivity contribution in [3.63, 3.8) is 0 Å². The molecule has 0 aromatic heterocycles. The Bertz CT molecular complexity index is 209. The summed E-state index contributed by atoms with van der Waals surface area (Å²) in [7, 11) is 0. The monoisotopic (exact) mass is 222 g/mol. The summed E-state index contributed by atoms with van der Waals surface area (Å²) in [5, 5.41) is 0. The zero-order valence-electron chi connectivity index (χ0n) is 10.5. The minimum Gasteiger partial charge on any atom is -0.299 e. The molecule has 0 saturated heterocycles. The van der Waals surface area contributed by atoms with E-state index in [1.165, 1.54) is 70.6 Å². The smallest absolute Gasteiger partial charge is 0.135 e. The largest absolute Gasteiger partial charge is 0.299 e. The molecule has 2 fully saturated rings. The number of hydrogen-bond acceptors (Lipinski definition) is 1. The van der Waals surface area contributed by atoms with Gasteiger partial charge in [0.25, 0.3) is 0 Å². The minimum absolute atomic E-state index is 0.442. The van der Waals surface area contributed by atoms with Crippen LogP contribution in [0.25, 0.3) is 0 Å². The molecule has 0 radical (unpaired) electrons. The van der Waals surface area contributed by atoms with Crippen molar-refractivity contribution in [2.24, 2.45) is 11.8 Å². The summed E-state index contributed by atoms with van der Waals surface area (Å²) < 4.78 is 0. The molecule has 0 heterocycles. The lowest BCUT2D eigenvalue weighted by molar-refractivity contribution is -0.124. The van der Waals surface area contributed by atoms with E-state index in [9.17, 15) is 4.79 Å². The van der Waals surface area contributed by atoms with Gasteiger partial charge in [-0.05, 0) is 25.2 Å². The Labute approximate surface area is 100.0 Å². The third kappa shape index (κ3) is 3.61. The second-order valence-corrected chi connectivity index (χ2v) is 5.84. The molecule has 0 spiro atoms.